The Bertz CT molecular complexity index is 426. The molecule has 0 spiro atoms. The van der Waals surface area contributed by atoms with Crippen LogP contribution in [0.5, 0.6) is 0 Å². The fourth-order valence-electron chi connectivity index (χ4n) is 1.42. The first kappa shape index (κ1) is 13.5. The zero-order chi connectivity index (χ0) is 13.2. The monoisotopic (exact) mass is 252 g/mol. The quantitative estimate of drug-likeness (QED) is 0.818. The average molecular weight is 252 g/mol. The van der Waals surface area contributed by atoms with Crippen molar-refractivity contribution in [2.75, 3.05) is 6.61 Å². The number of aryl methyl sites for hydroxylation is 1. The minimum atomic E-state index is -4.77. The average Bonchev–Trinajstić information content (AvgIpc) is 2.55. The Labute approximate surface area is 94.8 Å². The van der Waals surface area contributed by atoms with Crippen molar-refractivity contribution >= 4 is 5.97 Å². The molecule has 0 aromatic carbocycles. The molecular formula is C9H11F3N2O3. The molecule has 1 heterocycles. The number of rotatable bonds is 3. The van der Waals surface area contributed by atoms with Crippen LogP contribution in [0.2, 0.25) is 0 Å². The van der Waals surface area contributed by atoms with Gasteiger partial charge in [0, 0.05) is 7.05 Å². The fourth-order valence-corrected chi connectivity index (χ4v) is 1.42. The van der Waals surface area contributed by atoms with E-state index in [9.17, 15) is 18.0 Å². The summed E-state index contributed by atoms with van der Waals surface area (Å²) in [5.74, 6) is -1.12. The fraction of sp³-hybridized carbons (Fsp3) is 0.556. The van der Waals surface area contributed by atoms with Gasteiger partial charge in [-0.05, 0) is 6.92 Å². The van der Waals surface area contributed by atoms with E-state index in [2.05, 4.69) is 9.84 Å². The number of carbonyl (C=O) groups excluding carboxylic acids is 1. The van der Waals surface area contributed by atoms with Crippen LogP contribution in [0.25, 0.3) is 0 Å². The van der Waals surface area contributed by atoms with Gasteiger partial charge < -0.3 is 9.84 Å². The van der Waals surface area contributed by atoms with Crippen LogP contribution in [0.1, 0.15) is 28.7 Å². The summed E-state index contributed by atoms with van der Waals surface area (Å²) in [5.41, 5.74) is -2.55. The zero-order valence-electron chi connectivity index (χ0n) is 9.21. The summed E-state index contributed by atoms with van der Waals surface area (Å²) in [5, 5.41) is 12.2. The largest absolute Gasteiger partial charge is 0.461 e. The second-order valence-corrected chi connectivity index (χ2v) is 3.17. The van der Waals surface area contributed by atoms with Gasteiger partial charge in [0.15, 0.2) is 5.69 Å². The first-order chi connectivity index (χ1) is 7.82. The molecule has 0 aliphatic rings. The molecule has 5 nitrogen and oxygen atoms in total. The number of esters is 1. The molecule has 0 saturated carbocycles. The van der Waals surface area contributed by atoms with E-state index in [0.717, 1.165) is 4.68 Å². The molecule has 0 bridgehead atoms. The molecule has 0 atom stereocenters. The van der Waals surface area contributed by atoms with Gasteiger partial charge in [-0.2, -0.15) is 18.3 Å². The van der Waals surface area contributed by atoms with Crippen molar-refractivity contribution in [2.45, 2.75) is 19.7 Å². The lowest BCUT2D eigenvalue weighted by molar-refractivity contribution is -0.139. The molecule has 1 aromatic rings. The van der Waals surface area contributed by atoms with Crippen LogP contribution in [0.15, 0.2) is 0 Å². The maximum Gasteiger partial charge on any atom is 0.420 e. The number of alkyl halides is 3. The van der Waals surface area contributed by atoms with Crippen LogP contribution in [-0.2, 0) is 24.6 Å². The van der Waals surface area contributed by atoms with Crippen LogP contribution in [-0.4, -0.2) is 27.5 Å². The van der Waals surface area contributed by atoms with E-state index in [4.69, 9.17) is 5.11 Å². The molecule has 0 radical (unpaired) electrons. The van der Waals surface area contributed by atoms with Crippen LogP contribution in [0.3, 0.4) is 0 Å². The maximum atomic E-state index is 12.7. The number of carbonyl (C=O) groups is 1. The Morgan fingerprint density at radius 1 is 1.53 bits per heavy atom. The highest BCUT2D eigenvalue weighted by atomic mass is 19.4. The van der Waals surface area contributed by atoms with E-state index in [1.54, 1.807) is 0 Å². The second kappa shape index (κ2) is 4.74. The molecule has 0 amide bonds. The molecule has 96 valence electrons. The molecule has 0 aliphatic carbocycles. The van der Waals surface area contributed by atoms with Crippen molar-refractivity contribution in [3.8, 4) is 0 Å². The van der Waals surface area contributed by atoms with E-state index >= 15 is 0 Å². The lowest BCUT2D eigenvalue weighted by Crippen LogP contribution is -2.17. The molecule has 0 aliphatic heterocycles. The van der Waals surface area contributed by atoms with Crippen LogP contribution in [0.4, 0.5) is 13.2 Å². The van der Waals surface area contributed by atoms with Crippen LogP contribution >= 0.6 is 0 Å². The third kappa shape index (κ3) is 2.57. The summed E-state index contributed by atoms with van der Waals surface area (Å²) in [6, 6.07) is 0. The number of ether oxygens (including phenoxy) is 1. The van der Waals surface area contributed by atoms with Crippen molar-refractivity contribution in [1.29, 1.82) is 0 Å². The number of nitrogens with zero attached hydrogens (tertiary/aromatic N) is 2. The summed E-state index contributed by atoms with van der Waals surface area (Å²) in [7, 11) is 1.18. The van der Waals surface area contributed by atoms with Gasteiger partial charge in [-0.1, -0.05) is 0 Å². The Hall–Kier alpha value is -1.57. The summed E-state index contributed by atoms with van der Waals surface area (Å²) < 4.78 is 43.5. The van der Waals surface area contributed by atoms with Crippen molar-refractivity contribution in [2.24, 2.45) is 7.05 Å². The Kier molecular flexibility index (Phi) is 3.76. The normalized spacial score (nSPS) is 11.6. The van der Waals surface area contributed by atoms with E-state index in [0.29, 0.717) is 0 Å². The second-order valence-electron chi connectivity index (χ2n) is 3.17. The molecular weight excluding hydrogens is 241 g/mol. The minimum absolute atomic E-state index is 0.0459. The van der Waals surface area contributed by atoms with Crippen molar-refractivity contribution in [3.63, 3.8) is 0 Å². The highest BCUT2D eigenvalue weighted by molar-refractivity contribution is 5.89. The molecule has 1 rings (SSSR count). The Balaban J connectivity index is 3.37. The first-order valence-corrected chi connectivity index (χ1v) is 4.74. The standard InChI is InChI=1S/C9H11F3N2O3/c1-3-17-8(16)7-6(9(10,11)12)5(4-15)13-14(7)2/h15H,3-4H2,1-2H3. The van der Waals surface area contributed by atoms with Gasteiger partial charge in [-0.15, -0.1) is 0 Å². The molecule has 0 saturated heterocycles. The Morgan fingerprint density at radius 2 is 2.12 bits per heavy atom. The number of aromatic nitrogens is 2. The lowest BCUT2D eigenvalue weighted by Gasteiger charge is -2.09. The van der Waals surface area contributed by atoms with E-state index in [1.165, 1.54) is 14.0 Å². The summed E-state index contributed by atoms with van der Waals surface area (Å²) in [6.45, 7) is 0.534. The lowest BCUT2D eigenvalue weighted by atomic mass is 10.1. The Morgan fingerprint density at radius 3 is 2.53 bits per heavy atom. The number of aliphatic hydroxyl groups is 1. The SMILES string of the molecule is CCOC(=O)c1c(C(F)(F)F)c(CO)nn1C. The molecule has 0 fully saturated rings. The van der Waals surface area contributed by atoms with Gasteiger partial charge in [0.25, 0.3) is 0 Å². The topological polar surface area (TPSA) is 64.3 Å². The van der Waals surface area contributed by atoms with Gasteiger partial charge in [0.05, 0.1) is 13.2 Å². The third-order valence-electron chi connectivity index (χ3n) is 2.02. The van der Waals surface area contributed by atoms with Gasteiger partial charge in [-0.3, -0.25) is 4.68 Å². The summed E-state index contributed by atoms with van der Waals surface area (Å²) in [4.78, 5) is 11.4. The number of halogens is 3. The number of hydrogen-bond acceptors (Lipinski definition) is 4. The number of hydrogen-bond donors (Lipinski definition) is 1. The van der Waals surface area contributed by atoms with Gasteiger partial charge in [0.2, 0.25) is 0 Å². The smallest absolute Gasteiger partial charge is 0.420 e. The molecule has 0 unspecified atom stereocenters. The van der Waals surface area contributed by atoms with Crippen molar-refractivity contribution < 1.29 is 27.8 Å². The minimum Gasteiger partial charge on any atom is -0.461 e. The van der Waals surface area contributed by atoms with Gasteiger partial charge >= 0.3 is 12.1 Å². The zero-order valence-corrected chi connectivity index (χ0v) is 9.21. The number of aliphatic hydroxyl groups excluding tert-OH is 1. The first-order valence-electron chi connectivity index (χ1n) is 4.74. The highest BCUT2D eigenvalue weighted by Gasteiger charge is 2.41. The highest BCUT2D eigenvalue weighted by Crippen LogP contribution is 2.34. The van der Waals surface area contributed by atoms with Crippen LogP contribution < -0.4 is 0 Å². The van der Waals surface area contributed by atoms with E-state index in [-0.39, 0.29) is 6.61 Å². The van der Waals surface area contributed by atoms with E-state index in [1.807, 2.05) is 0 Å². The maximum absolute atomic E-state index is 12.7. The molecule has 8 heteroatoms. The summed E-state index contributed by atoms with van der Waals surface area (Å²) >= 11 is 0. The molecule has 1 aromatic heterocycles. The van der Waals surface area contributed by atoms with Crippen molar-refractivity contribution in [3.05, 3.63) is 17.0 Å². The molecule has 17 heavy (non-hydrogen) atoms. The molecule has 1 N–H and O–H groups in total. The summed E-state index contributed by atoms with van der Waals surface area (Å²) in [6.07, 6.45) is -4.77. The van der Waals surface area contributed by atoms with Crippen LogP contribution in [0, 0.1) is 0 Å². The van der Waals surface area contributed by atoms with Crippen molar-refractivity contribution in [1.82, 2.24) is 9.78 Å². The van der Waals surface area contributed by atoms with Gasteiger partial charge in [-0.25, -0.2) is 4.79 Å². The predicted octanol–water partition coefficient (Wildman–Crippen LogP) is 1.11. The third-order valence-corrected chi connectivity index (χ3v) is 2.02. The predicted molar refractivity (Wildman–Crippen MR) is 50.1 cm³/mol. The van der Waals surface area contributed by atoms with Gasteiger partial charge in [0.1, 0.15) is 11.3 Å². The van der Waals surface area contributed by atoms with E-state index < -0.39 is 35.7 Å².